The summed E-state index contributed by atoms with van der Waals surface area (Å²) in [6.45, 7) is 15.9. The Morgan fingerprint density at radius 3 is 1.19 bits per heavy atom. The first kappa shape index (κ1) is 26.6. The van der Waals surface area contributed by atoms with Crippen LogP contribution in [0.15, 0.2) is 48.5 Å². The summed E-state index contributed by atoms with van der Waals surface area (Å²) in [6.07, 6.45) is 6.89. The van der Waals surface area contributed by atoms with Crippen LogP contribution in [-0.2, 0) is 10.8 Å². The molecule has 2 heteroatoms. The highest BCUT2D eigenvalue weighted by molar-refractivity contribution is 5.37. The van der Waals surface area contributed by atoms with Gasteiger partial charge in [-0.25, -0.2) is 0 Å². The van der Waals surface area contributed by atoms with E-state index in [9.17, 15) is 0 Å². The predicted molar refractivity (Wildman–Crippen MR) is 141 cm³/mol. The molecule has 178 valence electrons. The Bertz CT molecular complexity index is 728. The molecule has 2 unspecified atom stereocenters. The van der Waals surface area contributed by atoms with E-state index in [2.05, 4.69) is 97.0 Å². The van der Waals surface area contributed by atoms with Crippen molar-refractivity contribution in [2.75, 3.05) is 0 Å². The van der Waals surface area contributed by atoms with Crippen molar-refractivity contribution in [3.63, 3.8) is 0 Å². The fraction of sp³-hybridized carbons (Fsp3) is 0.600. The topological polar surface area (TPSA) is 52.0 Å². The van der Waals surface area contributed by atoms with Crippen molar-refractivity contribution >= 4 is 0 Å². The van der Waals surface area contributed by atoms with Crippen LogP contribution in [0.1, 0.15) is 115 Å². The molecule has 0 aliphatic rings. The Hall–Kier alpha value is -1.64. The maximum absolute atomic E-state index is 5.93. The fourth-order valence-corrected chi connectivity index (χ4v) is 4.66. The molecule has 32 heavy (non-hydrogen) atoms. The van der Waals surface area contributed by atoms with Crippen molar-refractivity contribution in [2.45, 2.75) is 116 Å². The highest BCUT2D eigenvalue weighted by Gasteiger charge is 2.22. The van der Waals surface area contributed by atoms with Crippen LogP contribution in [0.25, 0.3) is 0 Å². The third-order valence-electron chi connectivity index (χ3n) is 7.31. The van der Waals surface area contributed by atoms with Gasteiger partial charge in [0.05, 0.1) is 0 Å². The second-order valence-electron chi connectivity index (χ2n) is 11.5. The zero-order chi connectivity index (χ0) is 23.9. The molecule has 0 saturated heterocycles. The molecule has 0 aromatic heterocycles. The number of benzene rings is 2. The summed E-state index contributed by atoms with van der Waals surface area (Å²) in [4.78, 5) is 0. The van der Waals surface area contributed by atoms with Crippen molar-refractivity contribution in [3.8, 4) is 0 Å². The summed E-state index contributed by atoms with van der Waals surface area (Å²) in [5.74, 6) is 0.389. The van der Waals surface area contributed by atoms with Crippen LogP contribution in [0.2, 0.25) is 0 Å². The average Bonchev–Trinajstić information content (AvgIpc) is 2.72. The van der Waals surface area contributed by atoms with E-state index in [0.717, 1.165) is 12.8 Å². The van der Waals surface area contributed by atoms with E-state index in [1.165, 1.54) is 47.9 Å². The summed E-state index contributed by atoms with van der Waals surface area (Å²) in [5.41, 5.74) is 17.8. The van der Waals surface area contributed by atoms with Crippen LogP contribution >= 0.6 is 0 Å². The summed E-state index contributed by atoms with van der Waals surface area (Å²) in [6, 6.07) is 19.2. The van der Waals surface area contributed by atoms with Crippen LogP contribution < -0.4 is 11.5 Å². The first-order valence-electron chi connectivity index (χ1n) is 12.6. The normalized spacial score (nSPS) is 15.4. The Balaban J connectivity index is 2.04. The fourth-order valence-electron chi connectivity index (χ4n) is 4.66. The first-order valence-corrected chi connectivity index (χ1v) is 12.6. The van der Waals surface area contributed by atoms with Gasteiger partial charge in [0, 0.05) is 18.0 Å². The smallest absolute Gasteiger partial charge is 0.00610 e. The number of rotatable bonds is 12. The Morgan fingerprint density at radius 2 is 0.906 bits per heavy atom. The van der Waals surface area contributed by atoms with Crippen molar-refractivity contribution in [1.82, 2.24) is 0 Å². The van der Waals surface area contributed by atoms with Gasteiger partial charge in [0.15, 0.2) is 0 Å². The Labute approximate surface area is 198 Å². The Morgan fingerprint density at radius 1 is 0.594 bits per heavy atom. The molecule has 0 aliphatic carbocycles. The minimum atomic E-state index is 0.186. The van der Waals surface area contributed by atoms with Gasteiger partial charge in [0.25, 0.3) is 0 Å². The van der Waals surface area contributed by atoms with Gasteiger partial charge < -0.3 is 11.5 Å². The maximum Gasteiger partial charge on any atom is 0.00610 e. The van der Waals surface area contributed by atoms with E-state index in [-0.39, 0.29) is 10.8 Å². The lowest BCUT2D eigenvalue weighted by molar-refractivity contribution is 0.439. The van der Waals surface area contributed by atoms with Crippen LogP contribution in [0.5, 0.6) is 0 Å². The molecule has 2 aromatic rings. The molecular weight excluding hydrogens is 388 g/mol. The second-order valence-corrected chi connectivity index (χ2v) is 11.5. The van der Waals surface area contributed by atoms with E-state index in [1.807, 2.05) is 0 Å². The molecule has 0 aliphatic heterocycles. The number of nitrogens with two attached hydrogens (primary N) is 2. The second kappa shape index (κ2) is 11.5. The standard InChI is InChI=1S/C30H48N2/c1-22(31)10-8-20-29(4,5)27-16-12-25(13-17-27)24(3)26-14-18-28(19-15-26)30(6,7)21-9-11-23(2)32/h12-19,22-24H,8-11,20-21,31-32H2,1-7H3. The van der Waals surface area contributed by atoms with Crippen molar-refractivity contribution in [3.05, 3.63) is 70.8 Å². The first-order chi connectivity index (χ1) is 14.9. The molecule has 2 rings (SSSR count). The summed E-state index contributed by atoms with van der Waals surface area (Å²) in [7, 11) is 0. The number of hydrogen-bond acceptors (Lipinski definition) is 2. The molecule has 2 atom stereocenters. The molecule has 2 aromatic carbocycles. The molecule has 0 fully saturated rings. The SMILES string of the molecule is CC(N)CCCC(C)(C)c1ccc(C(C)c2ccc(C(C)(C)CCCC(C)N)cc2)cc1. The van der Waals surface area contributed by atoms with Gasteiger partial charge in [0.2, 0.25) is 0 Å². The third kappa shape index (κ3) is 7.74. The van der Waals surface area contributed by atoms with Gasteiger partial charge in [-0.05, 0) is 72.6 Å². The molecule has 0 radical (unpaired) electrons. The monoisotopic (exact) mass is 436 g/mol. The largest absolute Gasteiger partial charge is 0.328 e. The predicted octanol–water partition coefficient (Wildman–Crippen LogP) is 7.43. The van der Waals surface area contributed by atoms with Gasteiger partial charge in [-0.2, -0.15) is 0 Å². The van der Waals surface area contributed by atoms with Gasteiger partial charge in [0.1, 0.15) is 0 Å². The van der Waals surface area contributed by atoms with E-state index in [1.54, 1.807) is 0 Å². The molecule has 0 spiro atoms. The zero-order valence-electron chi connectivity index (χ0n) is 21.7. The minimum Gasteiger partial charge on any atom is -0.328 e. The summed E-state index contributed by atoms with van der Waals surface area (Å²) in [5, 5.41) is 0. The van der Waals surface area contributed by atoms with Crippen molar-refractivity contribution < 1.29 is 0 Å². The maximum atomic E-state index is 5.93. The molecule has 2 nitrogen and oxygen atoms in total. The van der Waals surface area contributed by atoms with Crippen LogP contribution in [-0.4, -0.2) is 12.1 Å². The molecule has 4 N–H and O–H groups in total. The lowest BCUT2D eigenvalue weighted by Gasteiger charge is -2.27. The summed E-state index contributed by atoms with van der Waals surface area (Å²) < 4.78 is 0. The molecule has 0 heterocycles. The average molecular weight is 437 g/mol. The quantitative estimate of drug-likeness (QED) is 0.363. The molecule has 0 bridgehead atoms. The lowest BCUT2D eigenvalue weighted by atomic mass is 9.78. The molecular formula is C30H48N2. The van der Waals surface area contributed by atoms with Crippen molar-refractivity contribution in [1.29, 1.82) is 0 Å². The Kier molecular flexibility index (Phi) is 9.54. The van der Waals surface area contributed by atoms with Gasteiger partial charge in [-0.15, -0.1) is 0 Å². The molecule has 0 amide bonds. The van der Waals surface area contributed by atoms with Crippen molar-refractivity contribution in [2.24, 2.45) is 11.5 Å². The highest BCUT2D eigenvalue weighted by Crippen LogP contribution is 2.33. The van der Waals surface area contributed by atoms with Gasteiger partial charge in [-0.3, -0.25) is 0 Å². The van der Waals surface area contributed by atoms with Gasteiger partial charge in [-0.1, -0.05) is 96.0 Å². The summed E-state index contributed by atoms with van der Waals surface area (Å²) >= 11 is 0. The minimum absolute atomic E-state index is 0.186. The zero-order valence-corrected chi connectivity index (χ0v) is 21.7. The van der Waals surface area contributed by atoms with E-state index in [0.29, 0.717) is 18.0 Å². The number of hydrogen-bond donors (Lipinski definition) is 2. The van der Waals surface area contributed by atoms with E-state index < -0.39 is 0 Å². The highest BCUT2D eigenvalue weighted by atomic mass is 14.6. The van der Waals surface area contributed by atoms with E-state index in [4.69, 9.17) is 11.5 Å². The van der Waals surface area contributed by atoms with Crippen LogP contribution in [0.4, 0.5) is 0 Å². The third-order valence-corrected chi connectivity index (χ3v) is 7.31. The van der Waals surface area contributed by atoms with Crippen LogP contribution in [0.3, 0.4) is 0 Å². The van der Waals surface area contributed by atoms with E-state index >= 15 is 0 Å². The molecule has 0 saturated carbocycles. The van der Waals surface area contributed by atoms with Crippen LogP contribution in [0, 0.1) is 0 Å². The lowest BCUT2D eigenvalue weighted by Crippen LogP contribution is -2.20. The van der Waals surface area contributed by atoms with Gasteiger partial charge >= 0.3 is 0 Å².